The van der Waals surface area contributed by atoms with Gasteiger partial charge in [-0.15, -0.1) is 0 Å². The molecule has 0 aromatic heterocycles. The van der Waals surface area contributed by atoms with Gasteiger partial charge in [-0.2, -0.15) is 0 Å². The van der Waals surface area contributed by atoms with Crippen LogP contribution in [0.2, 0.25) is 0 Å². The average molecular weight is 232 g/mol. The first-order chi connectivity index (χ1) is 8.15. The highest BCUT2D eigenvalue weighted by atomic mass is 16.2. The van der Waals surface area contributed by atoms with Crippen LogP contribution in [0.1, 0.15) is 24.0 Å². The third-order valence-electron chi connectivity index (χ3n) is 3.22. The summed E-state index contributed by atoms with van der Waals surface area (Å²) >= 11 is 0. The Morgan fingerprint density at radius 2 is 2.00 bits per heavy atom. The second kappa shape index (κ2) is 5.32. The van der Waals surface area contributed by atoms with Crippen LogP contribution in [0.4, 0.5) is 5.69 Å². The first kappa shape index (κ1) is 12.1. The molecule has 1 aromatic carbocycles. The number of aryl methyl sites for hydroxylation is 2. The van der Waals surface area contributed by atoms with Gasteiger partial charge in [-0.1, -0.05) is 17.7 Å². The van der Waals surface area contributed by atoms with Gasteiger partial charge in [0.2, 0.25) is 5.91 Å². The van der Waals surface area contributed by atoms with Crippen molar-refractivity contribution in [1.82, 2.24) is 4.90 Å². The fourth-order valence-corrected chi connectivity index (χ4v) is 2.29. The van der Waals surface area contributed by atoms with Gasteiger partial charge in [0.05, 0.1) is 6.54 Å². The summed E-state index contributed by atoms with van der Waals surface area (Å²) in [4.78, 5) is 14.1. The summed E-state index contributed by atoms with van der Waals surface area (Å²) in [6.45, 7) is 6.72. The topological polar surface area (TPSA) is 32.3 Å². The number of benzene rings is 1. The van der Waals surface area contributed by atoms with Crippen molar-refractivity contribution in [3.63, 3.8) is 0 Å². The van der Waals surface area contributed by atoms with Crippen molar-refractivity contribution in [3.8, 4) is 0 Å². The van der Waals surface area contributed by atoms with Crippen molar-refractivity contribution in [3.05, 3.63) is 29.3 Å². The lowest BCUT2D eigenvalue weighted by atomic mass is 10.1. The number of likely N-dealkylation sites (tertiary alicyclic amines) is 1. The van der Waals surface area contributed by atoms with Gasteiger partial charge in [0, 0.05) is 5.69 Å². The van der Waals surface area contributed by atoms with E-state index in [0.717, 1.165) is 24.3 Å². The van der Waals surface area contributed by atoms with Crippen LogP contribution in [-0.2, 0) is 4.79 Å². The zero-order valence-corrected chi connectivity index (χ0v) is 10.6. The Bertz CT molecular complexity index is 409. The molecule has 0 radical (unpaired) electrons. The van der Waals surface area contributed by atoms with Crippen LogP contribution in [-0.4, -0.2) is 30.4 Å². The molecule has 1 N–H and O–H groups in total. The van der Waals surface area contributed by atoms with E-state index in [1.807, 2.05) is 19.1 Å². The Kier molecular flexibility index (Phi) is 3.79. The molecule has 1 fully saturated rings. The van der Waals surface area contributed by atoms with Crippen LogP contribution < -0.4 is 5.32 Å². The molecule has 1 amide bonds. The summed E-state index contributed by atoms with van der Waals surface area (Å²) in [5, 5.41) is 2.98. The van der Waals surface area contributed by atoms with Crippen LogP contribution in [0, 0.1) is 13.8 Å². The first-order valence-electron chi connectivity index (χ1n) is 6.24. The van der Waals surface area contributed by atoms with Crippen LogP contribution in [0.25, 0.3) is 0 Å². The maximum absolute atomic E-state index is 11.9. The first-order valence-corrected chi connectivity index (χ1v) is 6.24. The minimum atomic E-state index is 0.0962. The summed E-state index contributed by atoms with van der Waals surface area (Å²) in [5.74, 6) is 0.0962. The predicted molar refractivity (Wildman–Crippen MR) is 70.2 cm³/mol. The SMILES string of the molecule is Cc1ccc(NC(=O)CN2CCCC2)c(C)c1. The van der Waals surface area contributed by atoms with Gasteiger partial charge in [-0.3, -0.25) is 9.69 Å². The molecular formula is C14H20N2O. The molecule has 1 aliphatic heterocycles. The molecule has 92 valence electrons. The third kappa shape index (κ3) is 3.30. The molecule has 3 heteroatoms. The summed E-state index contributed by atoms with van der Waals surface area (Å²) in [7, 11) is 0. The van der Waals surface area contributed by atoms with Crippen molar-refractivity contribution in [1.29, 1.82) is 0 Å². The molecule has 0 unspecified atom stereocenters. The Balaban J connectivity index is 1.93. The number of rotatable bonds is 3. The lowest BCUT2D eigenvalue weighted by Crippen LogP contribution is -2.31. The monoisotopic (exact) mass is 232 g/mol. The van der Waals surface area contributed by atoms with Gasteiger partial charge in [0.25, 0.3) is 0 Å². The normalized spacial score (nSPS) is 16.1. The molecule has 1 saturated heterocycles. The average Bonchev–Trinajstić information content (AvgIpc) is 2.75. The van der Waals surface area contributed by atoms with Crippen molar-refractivity contribution >= 4 is 11.6 Å². The molecule has 1 aliphatic rings. The highest BCUT2D eigenvalue weighted by Crippen LogP contribution is 2.16. The highest BCUT2D eigenvalue weighted by molar-refractivity contribution is 5.93. The molecule has 0 atom stereocenters. The maximum Gasteiger partial charge on any atom is 0.238 e. The molecule has 0 spiro atoms. The van der Waals surface area contributed by atoms with E-state index in [9.17, 15) is 4.79 Å². The molecule has 0 saturated carbocycles. The molecule has 17 heavy (non-hydrogen) atoms. The number of carbonyl (C=O) groups excluding carboxylic acids is 1. The van der Waals surface area contributed by atoms with Crippen molar-refractivity contribution < 1.29 is 4.79 Å². The Hall–Kier alpha value is -1.35. The van der Waals surface area contributed by atoms with E-state index >= 15 is 0 Å². The number of amides is 1. The Labute approximate surface area is 103 Å². The molecule has 0 aliphatic carbocycles. The minimum Gasteiger partial charge on any atom is -0.325 e. The molecule has 1 heterocycles. The summed E-state index contributed by atoms with van der Waals surface area (Å²) < 4.78 is 0. The molecule has 2 rings (SSSR count). The smallest absolute Gasteiger partial charge is 0.238 e. The number of hydrogen-bond acceptors (Lipinski definition) is 2. The van der Waals surface area contributed by atoms with E-state index in [-0.39, 0.29) is 5.91 Å². The summed E-state index contributed by atoms with van der Waals surface area (Å²) in [6.07, 6.45) is 2.44. The van der Waals surface area contributed by atoms with Gasteiger partial charge < -0.3 is 5.32 Å². The highest BCUT2D eigenvalue weighted by Gasteiger charge is 2.15. The van der Waals surface area contributed by atoms with E-state index in [1.54, 1.807) is 0 Å². The Morgan fingerprint density at radius 3 is 2.65 bits per heavy atom. The van der Waals surface area contributed by atoms with E-state index in [2.05, 4.69) is 23.2 Å². The van der Waals surface area contributed by atoms with Crippen LogP contribution >= 0.6 is 0 Å². The number of nitrogens with zero attached hydrogens (tertiary/aromatic N) is 1. The molecule has 1 aromatic rings. The van der Waals surface area contributed by atoms with E-state index in [1.165, 1.54) is 18.4 Å². The standard InChI is InChI=1S/C14H20N2O/c1-11-5-6-13(12(2)9-11)15-14(17)10-16-7-3-4-8-16/h5-6,9H,3-4,7-8,10H2,1-2H3,(H,15,17). The minimum absolute atomic E-state index is 0.0962. The van der Waals surface area contributed by atoms with Crippen molar-refractivity contribution in [2.75, 3.05) is 25.0 Å². The van der Waals surface area contributed by atoms with E-state index in [0.29, 0.717) is 6.54 Å². The lowest BCUT2D eigenvalue weighted by Gasteiger charge is -2.15. The maximum atomic E-state index is 11.9. The van der Waals surface area contributed by atoms with Gasteiger partial charge in [-0.05, 0) is 51.4 Å². The number of carbonyl (C=O) groups is 1. The van der Waals surface area contributed by atoms with Gasteiger partial charge in [0.15, 0.2) is 0 Å². The van der Waals surface area contributed by atoms with Crippen molar-refractivity contribution in [2.45, 2.75) is 26.7 Å². The molecule has 3 nitrogen and oxygen atoms in total. The number of hydrogen-bond donors (Lipinski definition) is 1. The second-order valence-corrected chi connectivity index (χ2v) is 4.85. The van der Waals surface area contributed by atoms with E-state index < -0.39 is 0 Å². The summed E-state index contributed by atoms with van der Waals surface area (Å²) in [5.41, 5.74) is 3.28. The zero-order chi connectivity index (χ0) is 12.3. The second-order valence-electron chi connectivity index (χ2n) is 4.85. The lowest BCUT2D eigenvalue weighted by molar-refractivity contribution is -0.117. The Morgan fingerprint density at radius 1 is 1.29 bits per heavy atom. The predicted octanol–water partition coefficient (Wildman–Crippen LogP) is 2.34. The molecular weight excluding hydrogens is 212 g/mol. The van der Waals surface area contributed by atoms with Gasteiger partial charge >= 0.3 is 0 Å². The number of nitrogens with one attached hydrogen (secondary N) is 1. The van der Waals surface area contributed by atoms with Crippen molar-refractivity contribution in [2.24, 2.45) is 0 Å². The van der Waals surface area contributed by atoms with Crippen LogP contribution in [0.5, 0.6) is 0 Å². The molecule has 0 bridgehead atoms. The third-order valence-corrected chi connectivity index (χ3v) is 3.22. The van der Waals surface area contributed by atoms with Crippen LogP contribution in [0.3, 0.4) is 0 Å². The fourth-order valence-electron chi connectivity index (χ4n) is 2.29. The zero-order valence-electron chi connectivity index (χ0n) is 10.6. The van der Waals surface area contributed by atoms with Crippen LogP contribution in [0.15, 0.2) is 18.2 Å². The fraction of sp³-hybridized carbons (Fsp3) is 0.500. The quantitative estimate of drug-likeness (QED) is 0.867. The summed E-state index contributed by atoms with van der Waals surface area (Å²) in [6, 6.07) is 6.09. The van der Waals surface area contributed by atoms with Gasteiger partial charge in [0.1, 0.15) is 0 Å². The largest absolute Gasteiger partial charge is 0.325 e. The van der Waals surface area contributed by atoms with Gasteiger partial charge in [-0.25, -0.2) is 0 Å². The van der Waals surface area contributed by atoms with E-state index in [4.69, 9.17) is 0 Å². The number of anilines is 1.